The van der Waals surface area contributed by atoms with Gasteiger partial charge in [-0.1, -0.05) is 32.4 Å². The summed E-state index contributed by atoms with van der Waals surface area (Å²) < 4.78 is 0. The lowest BCUT2D eigenvalue weighted by Crippen LogP contribution is -2.48. The molecule has 1 N–H and O–H groups in total. The van der Waals surface area contributed by atoms with Gasteiger partial charge in [-0.2, -0.15) is 0 Å². The Hall–Kier alpha value is -2.53. The molecule has 1 aliphatic heterocycles. The Kier molecular flexibility index (Phi) is 5.94. The normalized spacial score (nSPS) is 14.7. The van der Waals surface area contributed by atoms with E-state index in [-0.39, 0.29) is 11.8 Å². The molecule has 0 bridgehead atoms. The second kappa shape index (κ2) is 8.23. The number of rotatable bonds is 3. The zero-order valence-electron chi connectivity index (χ0n) is 16.5. The Morgan fingerprint density at radius 1 is 0.893 bits per heavy atom. The van der Waals surface area contributed by atoms with E-state index in [0.29, 0.717) is 23.7 Å². The summed E-state index contributed by atoms with van der Waals surface area (Å²) in [4.78, 5) is 28.8. The zero-order chi connectivity index (χ0) is 20.3. The van der Waals surface area contributed by atoms with Gasteiger partial charge in [-0.3, -0.25) is 9.59 Å². The summed E-state index contributed by atoms with van der Waals surface area (Å²) in [5.41, 5.74) is 2.12. The maximum absolute atomic E-state index is 12.6. The number of hydrogen-bond donors (Lipinski definition) is 1. The van der Waals surface area contributed by atoms with E-state index in [1.54, 1.807) is 24.3 Å². The number of hydrogen-bond acceptors (Lipinski definition) is 3. The minimum absolute atomic E-state index is 0.00502. The summed E-state index contributed by atoms with van der Waals surface area (Å²) >= 11 is 5.90. The number of carbonyl (C=O) groups is 2. The van der Waals surface area contributed by atoms with Gasteiger partial charge in [-0.05, 0) is 48.5 Å². The van der Waals surface area contributed by atoms with Gasteiger partial charge in [0, 0.05) is 53.6 Å². The van der Waals surface area contributed by atoms with E-state index in [9.17, 15) is 9.59 Å². The standard InChI is InChI=1S/C22H26ClN3O2/c1-22(2,3)21(28)24-18-8-10-19(11-9-18)25-12-14-26(15-13-25)20(27)16-4-6-17(23)7-5-16/h4-11H,12-15H2,1-3H3,(H,24,28). The van der Waals surface area contributed by atoms with Gasteiger partial charge in [0.1, 0.15) is 0 Å². The van der Waals surface area contributed by atoms with Crippen molar-refractivity contribution in [3.05, 3.63) is 59.1 Å². The minimum atomic E-state index is -0.425. The SMILES string of the molecule is CC(C)(C)C(=O)Nc1ccc(N2CCN(C(=O)c3ccc(Cl)cc3)CC2)cc1. The predicted molar refractivity (Wildman–Crippen MR) is 114 cm³/mol. The average Bonchev–Trinajstić information content (AvgIpc) is 2.68. The molecule has 1 saturated heterocycles. The first-order valence-electron chi connectivity index (χ1n) is 9.45. The maximum Gasteiger partial charge on any atom is 0.253 e. The van der Waals surface area contributed by atoms with Crippen molar-refractivity contribution in [1.29, 1.82) is 0 Å². The fourth-order valence-corrected chi connectivity index (χ4v) is 3.14. The van der Waals surface area contributed by atoms with Gasteiger partial charge in [0.25, 0.3) is 5.91 Å². The van der Waals surface area contributed by atoms with Crippen molar-refractivity contribution in [3.8, 4) is 0 Å². The van der Waals surface area contributed by atoms with Crippen LogP contribution in [0.15, 0.2) is 48.5 Å². The van der Waals surface area contributed by atoms with Gasteiger partial charge in [0.2, 0.25) is 5.91 Å². The highest BCUT2D eigenvalue weighted by atomic mass is 35.5. The highest BCUT2D eigenvalue weighted by molar-refractivity contribution is 6.30. The fraction of sp³-hybridized carbons (Fsp3) is 0.364. The summed E-state index contributed by atoms with van der Waals surface area (Å²) in [6.45, 7) is 8.55. The first-order valence-corrected chi connectivity index (χ1v) is 9.83. The number of piperazine rings is 1. The van der Waals surface area contributed by atoms with E-state index in [2.05, 4.69) is 10.2 Å². The largest absolute Gasteiger partial charge is 0.368 e. The number of nitrogens with one attached hydrogen (secondary N) is 1. The number of carbonyl (C=O) groups excluding carboxylic acids is 2. The fourth-order valence-electron chi connectivity index (χ4n) is 3.02. The predicted octanol–water partition coefficient (Wildman–Crippen LogP) is 4.29. The highest BCUT2D eigenvalue weighted by Crippen LogP contribution is 2.22. The summed E-state index contributed by atoms with van der Waals surface area (Å²) in [7, 11) is 0. The van der Waals surface area contributed by atoms with Crippen molar-refractivity contribution in [2.75, 3.05) is 36.4 Å². The molecular weight excluding hydrogens is 374 g/mol. The molecule has 3 rings (SSSR count). The summed E-state index contributed by atoms with van der Waals surface area (Å²) in [5.74, 6) is 0.0335. The van der Waals surface area contributed by atoms with E-state index >= 15 is 0 Å². The van der Waals surface area contributed by atoms with Crippen LogP contribution < -0.4 is 10.2 Å². The average molecular weight is 400 g/mol. The minimum Gasteiger partial charge on any atom is -0.368 e. The van der Waals surface area contributed by atoms with E-state index < -0.39 is 5.41 Å². The number of nitrogens with zero attached hydrogens (tertiary/aromatic N) is 2. The molecule has 0 aliphatic carbocycles. The Morgan fingerprint density at radius 3 is 2.00 bits per heavy atom. The van der Waals surface area contributed by atoms with Gasteiger partial charge in [-0.15, -0.1) is 0 Å². The topological polar surface area (TPSA) is 52.7 Å². The molecule has 0 saturated carbocycles. The molecule has 1 aliphatic rings. The summed E-state index contributed by atoms with van der Waals surface area (Å²) in [5, 5.41) is 3.56. The van der Waals surface area contributed by atoms with Crippen LogP contribution in [0, 0.1) is 5.41 Å². The van der Waals surface area contributed by atoms with Crippen molar-refractivity contribution in [1.82, 2.24) is 4.90 Å². The van der Waals surface area contributed by atoms with Gasteiger partial charge < -0.3 is 15.1 Å². The van der Waals surface area contributed by atoms with Gasteiger partial charge in [0.05, 0.1) is 0 Å². The third kappa shape index (κ3) is 4.84. The molecule has 0 spiro atoms. The van der Waals surface area contributed by atoms with Crippen molar-refractivity contribution in [2.45, 2.75) is 20.8 Å². The maximum atomic E-state index is 12.6. The number of benzene rings is 2. The lowest BCUT2D eigenvalue weighted by atomic mass is 9.95. The Morgan fingerprint density at radius 2 is 1.46 bits per heavy atom. The molecule has 2 aromatic rings. The van der Waals surface area contributed by atoms with Crippen molar-refractivity contribution in [3.63, 3.8) is 0 Å². The third-order valence-corrected chi connectivity index (χ3v) is 5.08. The molecular formula is C22H26ClN3O2. The first-order chi connectivity index (χ1) is 13.2. The number of halogens is 1. The molecule has 1 fully saturated rings. The molecule has 2 amide bonds. The van der Waals surface area contributed by atoms with Crippen LogP contribution in [-0.4, -0.2) is 42.9 Å². The third-order valence-electron chi connectivity index (χ3n) is 4.83. The van der Waals surface area contributed by atoms with Gasteiger partial charge in [0.15, 0.2) is 0 Å². The lowest BCUT2D eigenvalue weighted by molar-refractivity contribution is -0.123. The Labute approximate surface area is 171 Å². The van der Waals surface area contributed by atoms with Crippen LogP contribution in [0.2, 0.25) is 5.02 Å². The summed E-state index contributed by atoms with van der Waals surface area (Å²) in [6.07, 6.45) is 0. The molecule has 0 radical (unpaired) electrons. The van der Waals surface area contributed by atoms with Crippen molar-refractivity contribution in [2.24, 2.45) is 5.41 Å². The molecule has 0 unspecified atom stereocenters. The van der Waals surface area contributed by atoms with Crippen LogP contribution in [0.3, 0.4) is 0 Å². The van der Waals surface area contributed by atoms with Crippen LogP contribution in [0.25, 0.3) is 0 Å². The molecule has 2 aromatic carbocycles. The van der Waals surface area contributed by atoms with Crippen molar-refractivity contribution < 1.29 is 9.59 Å². The van der Waals surface area contributed by atoms with Crippen LogP contribution in [0.5, 0.6) is 0 Å². The van der Waals surface area contributed by atoms with Gasteiger partial charge in [-0.25, -0.2) is 0 Å². The summed E-state index contributed by atoms with van der Waals surface area (Å²) in [6, 6.07) is 14.9. The lowest BCUT2D eigenvalue weighted by Gasteiger charge is -2.36. The van der Waals surface area contributed by atoms with Crippen LogP contribution >= 0.6 is 11.6 Å². The quantitative estimate of drug-likeness (QED) is 0.837. The molecule has 0 aromatic heterocycles. The Balaban J connectivity index is 1.56. The smallest absolute Gasteiger partial charge is 0.253 e. The molecule has 5 nitrogen and oxygen atoms in total. The molecule has 0 atom stereocenters. The van der Waals surface area contributed by atoms with Crippen molar-refractivity contribution >= 4 is 34.8 Å². The van der Waals surface area contributed by atoms with E-state index in [0.717, 1.165) is 24.5 Å². The van der Waals surface area contributed by atoms with Crippen LogP contribution in [0.1, 0.15) is 31.1 Å². The van der Waals surface area contributed by atoms with Gasteiger partial charge >= 0.3 is 0 Å². The Bertz CT molecular complexity index is 834. The van der Waals surface area contributed by atoms with Crippen LogP contribution in [0.4, 0.5) is 11.4 Å². The molecule has 6 heteroatoms. The molecule has 28 heavy (non-hydrogen) atoms. The van der Waals surface area contributed by atoms with E-state index in [1.165, 1.54) is 0 Å². The van der Waals surface area contributed by atoms with Crippen LogP contribution in [-0.2, 0) is 4.79 Å². The monoisotopic (exact) mass is 399 g/mol. The second-order valence-corrected chi connectivity index (χ2v) is 8.47. The zero-order valence-corrected chi connectivity index (χ0v) is 17.3. The van der Waals surface area contributed by atoms with E-state index in [4.69, 9.17) is 11.6 Å². The van der Waals surface area contributed by atoms with E-state index in [1.807, 2.05) is 49.9 Å². The molecule has 148 valence electrons. The second-order valence-electron chi connectivity index (χ2n) is 8.04. The number of amides is 2. The first kappa shape index (κ1) is 20.2. The molecule has 1 heterocycles. The highest BCUT2D eigenvalue weighted by Gasteiger charge is 2.23. The number of anilines is 2.